The van der Waals surface area contributed by atoms with Crippen molar-refractivity contribution >= 4 is 29.6 Å². The summed E-state index contributed by atoms with van der Waals surface area (Å²) >= 11 is 6.04. The van der Waals surface area contributed by atoms with Crippen LogP contribution in [0.25, 0.3) is 6.08 Å². The number of aromatic carboxylic acids is 1. The molecule has 2 rings (SSSR count). The van der Waals surface area contributed by atoms with Crippen molar-refractivity contribution in [3.8, 4) is 0 Å². The van der Waals surface area contributed by atoms with E-state index in [0.29, 0.717) is 5.56 Å². The first-order valence-corrected chi connectivity index (χ1v) is 7.28. The molecule has 0 saturated carbocycles. The van der Waals surface area contributed by atoms with Gasteiger partial charge in [-0.15, -0.1) is 0 Å². The molecule has 4 nitrogen and oxygen atoms in total. The zero-order valence-electron chi connectivity index (χ0n) is 12.5. The lowest BCUT2D eigenvalue weighted by Crippen LogP contribution is -2.04. The maximum absolute atomic E-state index is 11.8. The van der Waals surface area contributed by atoms with Crippen LogP contribution in [0, 0.1) is 6.92 Å². The fourth-order valence-electron chi connectivity index (χ4n) is 2.08. The lowest BCUT2D eigenvalue weighted by Gasteiger charge is -2.07. The molecule has 0 amide bonds. The Morgan fingerprint density at radius 1 is 1.17 bits per heavy atom. The fourth-order valence-corrected chi connectivity index (χ4v) is 2.30. The van der Waals surface area contributed by atoms with Gasteiger partial charge in [0, 0.05) is 16.7 Å². The highest BCUT2D eigenvalue weighted by Gasteiger charge is 2.14. The molecule has 2 aromatic carbocycles. The van der Waals surface area contributed by atoms with Crippen LogP contribution in [-0.2, 0) is 16.1 Å². The Kier molecular flexibility index (Phi) is 5.55. The number of aryl methyl sites for hydroxylation is 1. The third-order valence-electron chi connectivity index (χ3n) is 3.22. The highest BCUT2D eigenvalue weighted by molar-refractivity contribution is 6.32. The smallest absolute Gasteiger partial charge is 0.336 e. The van der Waals surface area contributed by atoms with Crippen LogP contribution in [0.4, 0.5) is 0 Å². The number of rotatable bonds is 5. The van der Waals surface area contributed by atoms with E-state index in [1.54, 1.807) is 19.1 Å². The monoisotopic (exact) mass is 330 g/mol. The molecule has 0 aliphatic heterocycles. The second-order valence-corrected chi connectivity index (χ2v) is 5.29. The summed E-state index contributed by atoms with van der Waals surface area (Å²) in [6.07, 6.45) is 2.54. The number of hydrogen-bond acceptors (Lipinski definition) is 3. The standard InChI is InChI=1S/C18H15ClO4/c1-12-7-9-15(19)14(17(12)18(21)22)8-10-16(20)23-11-13-5-3-2-4-6-13/h2-10H,11H2,1H3,(H,21,22). The van der Waals surface area contributed by atoms with E-state index in [1.165, 1.54) is 12.2 Å². The average molecular weight is 331 g/mol. The molecule has 118 valence electrons. The van der Waals surface area contributed by atoms with E-state index in [-0.39, 0.29) is 22.8 Å². The molecule has 1 N–H and O–H groups in total. The fraction of sp³-hybridized carbons (Fsp3) is 0.111. The predicted molar refractivity (Wildman–Crippen MR) is 88.4 cm³/mol. The molecular weight excluding hydrogens is 316 g/mol. The molecule has 0 spiro atoms. The third kappa shape index (κ3) is 4.44. The number of benzene rings is 2. The second-order valence-electron chi connectivity index (χ2n) is 4.88. The highest BCUT2D eigenvalue weighted by Crippen LogP contribution is 2.25. The van der Waals surface area contributed by atoms with E-state index in [0.717, 1.165) is 5.56 Å². The summed E-state index contributed by atoms with van der Waals surface area (Å²) in [7, 11) is 0. The average Bonchev–Trinajstić information content (AvgIpc) is 2.54. The molecule has 0 heterocycles. The lowest BCUT2D eigenvalue weighted by atomic mass is 10.0. The molecule has 0 saturated heterocycles. The summed E-state index contributed by atoms with van der Waals surface area (Å²) in [6.45, 7) is 1.82. The van der Waals surface area contributed by atoms with Gasteiger partial charge in [0.2, 0.25) is 0 Å². The van der Waals surface area contributed by atoms with Crippen molar-refractivity contribution < 1.29 is 19.4 Å². The number of hydrogen-bond donors (Lipinski definition) is 1. The van der Waals surface area contributed by atoms with E-state index in [1.807, 2.05) is 30.3 Å². The summed E-state index contributed by atoms with van der Waals surface area (Å²) in [5.74, 6) is -1.66. The van der Waals surface area contributed by atoms with Gasteiger partial charge in [0.1, 0.15) is 6.61 Å². The Labute approximate surface area is 139 Å². The largest absolute Gasteiger partial charge is 0.478 e. The summed E-state index contributed by atoms with van der Waals surface area (Å²) in [6, 6.07) is 12.5. The first-order chi connectivity index (χ1) is 11.0. The molecule has 0 bridgehead atoms. The van der Waals surface area contributed by atoms with Crippen LogP contribution in [0.3, 0.4) is 0 Å². The van der Waals surface area contributed by atoms with Gasteiger partial charge in [0.25, 0.3) is 0 Å². The molecule has 0 aromatic heterocycles. The first-order valence-electron chi connectivity index (χ1n) is 6.90. The minimum atomic E-state index is -1.10. The van der Waals surface area contributed by atoms with Crippen LogP contribution in [0.5, 0.6) is 0 Å². The zero-order chi connectivity index (χ0) is 16.8. The van der Waals surface area contributed by atoms with Crippen LogP contribution in [0.1, 0.15) is 27.0 Å². The molecule has 0 fully saturated rings. The van der Waals surface area contributed by atoms with Crippen molar-refractivity contribution in [2.45, 2.75) is 13.5 Å². The first kappa shape index (κ1) is 16.8. The summed E-state index contributed by atoms with van der Waals surface area (Å²) in [5.41, 5.74) is 1.80. The molecule has 2 aromatic rings. The second kappa shape index (κ2) is 7.61. The summed E-state index contributed by atoms with van der Waals surface area (Å²) in [5, 5.41) is 9.54. The summed E-state index contributed by atoms with van der Waals surface area (Å²) < 4.78 is 5.10. The Morgan fingerprint density at radius 3 is 2.52 bits per heavy atom. The molecule has 23 heavy (non-hydrogen) atoms. The molecule has 0 radical (unpaired) electrons. The van der Waals surface area contributed by atoms with Crippen molar-refractivity contribution in [2.24, 2.45) is 0 Å². The molecule has 0 atom stereocenters. The van der Waals surface area contributed by atoms with Crippen molar-refractivity contribution in [2.75, 3.05) is 0 Å². The topological polar surface area (TPSA) is 63.6 Å². The number of carbonyl (C=O) groups is 2. The molecule has 0 aliphatic rings. The zero-order valence-corrected chi connectivity index (χ0v) is 13.2. The quantitative estimate of drug-likeness (QED) is 0.662. The van der Waals surface area contributed by atoms with E-state index in [4.69, 9.17) is 16.3 Å². The Bertz CT molecular complexity index is 751. The van der Waals surface area contributed by atoms with Crippen molar-refractivity contribution in [1.29, 1.82) is 0 Å². The number of carboxylic acid groups (broad SMARTS) is 1. The van der Waals surface area contributed by atoms with E-state index in [2.05, 4.69) is 0 Å². The van der Waals surface area contributed by atoms with Gasteiger partial charge in [0.15, 0.2) is 0 Å². The van der Waals surface area contributed by atoms with Crippen molar-refractivity contribution in [1.82, 2.24) is 0 Å². The maximum Gasteiger partial charge on any atom is 0.336 e. The molecule has 5 heteroatoms. The Morgan fingerprint density at radius 2 is 1.87 bits per heavy atom. The van der Waals surface area contributed by atoms with Crippen LogP contribution in [-0.4, -0.2) is 17.0 Å². The minimum absolute atomic E-state index is 0.0737. The van der Waals surface area contributed by atoms with Gasteiger partial charge >= 0.3 is 11.9 Å². The Balaban J connectivity index is 2.12. The van der Waals surface area contributed by atoms with Gasteiger partial charge in [-0.05, 0) is 30.2 Å². The van der Waals surface area contributed by atoms with Gasteiger partial charge < -0.3 is 9.84 Å². The van der Waals surface area contributed by atoms with Crippen LogP contribution in [0.15, 0.2) is 48.5 Å². The minimum Gasteiger partial charge on any atom is -0.478 e. The van der Waals surface area contributed by atoms with Crippen LogP contribution >= 0.6 is 11.6 Å². The van der Waals surface area contributed by atoms with E-state index < -0.39 is 11.9 Å². The number of esters is 1. The van der Waals surface area contributed by atoms with Gasteiger partial charge in [0.05, 0.1) is 5.56 Å². The van der Waals surface area contributed by atoms with Crippen LogP contribution in [0.2, 0.25) is 5.02 Å². The molecular formula is C18H15ClO4. The normalized spacial score (nSPS) is 10.7. The molecule has 0 unspecified atom stereocenters. The number of carbonyl (C=O) groups excluding carboxylic acids is 1. The van der Waals surface area contributed by atoms with E-state index >= 15 is 0 Å². The van der Waals surface area contributed by atoms with Crippen molar-refractivity contribution in [3.63, 3.8) is 0 Å². The highest BCUT2D eigenvalue weighted by atomic mass is 35.5. The molecule has 0 aliphatic carbocycles. The van der Waals surface area contributed by atoms with Crippen LogP contribution < -0.4 is 0 Å². The van der Waals surface area contributed by atoms with Crippen molar-refractivity contribution in [3.05, 3.63) is 75.8 Å². The van der Waals surface area contributed by atoms with E-state index in [9.17, 15) is 14.7 Å². The maximum atomic E-state index is 11.8. The SMILES string of the molecule is Cc1ccc(Cl)c(C=CC(=O)OCc2ccccc2)c1C(=O)O. The third-order valence-corrected chi connectivity index (χ3v) is 3.55. The Hall–Kier alpha value is -2.59. The number of ether oxygens (including phenoxy) is 1. The van der Waals surface area contributed by atoms with Gasteiger partial charge in [-0.25, -0.2) is 9.59 Å². The number of halogens is 1. The number of carboxylic acids is 1. The lowest BCUT2D eigenvalue weighted by molar-refractivity contribution is -0.138. The predicted octanol–water partition coefficient (Wildman–Crippen LogP) is 4.10. The van der Waals surface area contributed by atoms with Gasteiger partial charge in [-0.1, -0.05) is 48.0 Å². The van der Waals surface area contributed by atoms with Gasteiger partial charge in [-0.2, -0.15) is 0 Å². The summed E-state index contributed by atoms with van der Waals surface area (Å²) in [4.78, 5) is 23.1. The van der Waals surface area contributed by atoms with Gasteiger partial charge in [-0.3, -0.25) is 0 Å².